The van der Waals surface area contributed by atoms with Gasteiger partial charge in [-0.25, -0.2) is 4.39 Å². The molecule has 0 amide bonds. The predicted octanol–water partition coefficient (Wildman–Crippen LogP) is 3.33. The predicted molar refractivity (Wildman–Crippen MR) is 66.5 cm³/mol. The van der Waals surface area contributed by atoms with E-state index in [-0.39, 0.29) is 17.0 Å². The molecule has 0 saturated heterocycles. The van der Waals surface area contributed by atoms with Gasteiger partial charge in [-0.15, -0.1) is 0 Å². The first-order chi connectivity index (χ1) is 8.61. The second kappa shape index (κ2) is 5.46. The van der Waals surface area contributed by atoms with E-state index in [0.717, 1.165) is 12.8 Å². The van der Waals surface area contributed by atoms with Crippen molar-refractivity contribution in [1.82, 2.24) is 10.1 Å². The zero-order valence-corrected chi connectivity index (χ0v) is 10.6. The van der Waals surface area contributed by atoms with Gasteiger partial charge < -0.3 is 10.3 Å². The molecule has 0 radical (unpaired) electrons. The molecule has 0 spiro atoms. The van der Waals surface area contributed by atoms with E-state index < -0.39 is 5.82 Å². The van der Waals surface area contributed by atoms with Crippen LogP contribution < -0.4 is 5.73 Å². The van der Waals surface area contributed by atoms with Gasteiger partial charge in [0.15, 0.2) is 5.82 Å². The maximum atomic E-state index is 12.9. The minimum absolute atomic E-state index is 0.231. The standard InChI is InChI=1S/C12H13ClFN3O/c1-2-3-10(15)11-16-12(18-17-11)8-5-4-7(14)6-9(8)13/h4-6,10H,2-3,15H2,1H3. The highest BCUT2D eigenvalue weighted by Crippen LogP contribution is 2.28. The van der Waals surface area contributed by atoms with Gasteiger partial charge in [-0.2, -0.15) is 4.98 Å². The molecular formula is C12H13ClFN3O. The molecule has 18 heavy (non-hydrogen) atoms. The molecule has 1 aromatic carbocycles. The summed E-state index contributed by atoms with van der Waals surface area (Å²) in [6.07, 6.45) is 1.71. The van der Waals surface area contributed by atoms with Crippen LogP contribution >= 0.6 is 11.6 Å². The van der Waals surface area contributed by atoms with E-state index >= 15 is 0 Å². The van der Waals surface area contributed by atoms with Gasteiger partial charge in [-0.1, -0.05) is 30.1 Å². The largest absolute Gasteiger partial charge is 0.334 e. The molecule has 4 nitrogen and oxygen atoms in total. The summed E-state index contributed by atoms with van der Waals surface area (Å²) >= 11 is 5.92. The van der Waals surface area contributed by atoms with Crippen molar-refractivity contribution in [3.63, 3.8) is 0 Å². The van der Waals surface area contributed by atoms with E-state index in [1.165, 1.54) is 18.2 Å². The second-order valence-electron chi connectivity index (χ2n) is 3.98. The summed E-state index contributed by atoms with van der Waals surface area (Å²) in [6.45, 7) is 2.03. The van der Waals surface area contributed by atoms with Crippen molar-refractivity contribution < 1.29 is 8.91 Å². The summed E-state index contributed by atoms with van der Waals surface area (Å²) in [7, 11) is 0. The van der Waals surface area contributed by atoms with Gasteiger partial charge in [0.05, 0.1) is 16.6 Å². The van der Waals surface area contributed by atoms with Gasteiger partial charge in [0, 0.05) is 0 Å². The van der Waals surface area contributed by atoms with Crippen molar-refractivity contribution in [3.8, 4) is 11.5 Å². The van der Waals surface area contributed by atoms with Gasteiger partial charge in [-0.3, -0.25) is 0 Å². The zero-order valence-electron chi connectivity index (χ0n) is 9.86. The summed E-state index contributed by atoms with van der Waals surface area (Å²) in [6, 6.07) is 3.73. The Morgan fingerprint density at radius 1 is 1.50 bits per heavy atom. The highest BCUT2D eigenvalue weighted by atomic mass is 35.5. The molecule has 2 N–H and O–H groups in total. The lowest BCUT2D eigenvalue weighted by atomic mass is 10.2. The molecule has 0 fully saturated rings. The number of aromatic nitrogens is 2. The van der Waals surface area contributed by atoms with E-state index in [1.807, 2.05) is 6.92 Å². The van der Waals surface area contributed by atoms with Gasteiger partial charge in [0.1, 0.15) is 5.82 Å². The smallest absolute Gasteiger partial charge is 0.259 e. The fourth-order valence-corrected chi connectivity index (χ4v) is 1.85. The molecule has 0 aliphatic carbocycles. The normalized spacial score (nSPS) is 12.7. The number of hydrogen-bond acceptors (Lipinski definition) is 4. The topological polar surface area (TPSA) is 64.9 Å². The highest BCUT2D eigenvalue weighted by Gasteiger charge is 2.16. The van der Waals surface area contributed by atoms with Crippen LogP contribution in [0.15, 0.2) is 22.7 Å². The van der Waals surface area contributed by atoms with E-state index in [0.29, 0.717) is 11.4 Å². The average Bonchev–Trinajstić information content (AvgIpc) is 2.78. The summed E-state index contributed by atoms with van der Waals surface area (Å²) in [4.78, 5) is 4.18. The lowest BCUT2D eigenvalue weighted by Crippen LogP contribution is -2.11. The van der Waals surface area contributed by atoms with Crippen molar-refractivity contribution in [2.24, 2.45) is 5.73 Å². The van der Waals surface area contributed by atoms with Gasteiger partial charge in [0.25, 0.3) is 5.89 Å². The first-order valence-corrected chi connectivity index (χ1v) is 6.04. The number of hydrogen-bond donors (Lipinski definition) is 1. The Bertz CT molecular complexity index is 544. The van der Waals surface area contributed by atoms with Crippen molar-refractivity contribution in [2.75, 3.05) is 0 Å². The van der Waals surface area contributed by atoms with Crippen LogP contribution in [-0.4, -0.2) is 10.1 Å². The molecule has 96 valence electrons. The van der Waals surface area contributed by atoms with Crippen LogP contribution in [0.5, 0.6) is 0 Å². The van der Waals surface area contributed by atoms with Crippen LogP contribution in [0.2, 0.25) is 5.02 Å². The molecule has 1 aromatic heterocycles. The van der Waals surface area contributed by atoms with Crippen LogP contribution in [0.1, 0.15) is 31.6 Å². The third kappa shape index (κ3) is 2.68. The Hall–Kier alpha value is -1.46. The van der Waals surface area contributed by atoms with Crippen molar-refractivity contribution in [2.45, 2.75) is 25.8 Å². The minimum atomic E-state index is -0.411. The van der Waals surface area contributed by atoms with E-state index in [4.69, 9.17) is 21.9 Å². The Balaban J connectivity index is 2.29. The molecule has 1 unspecified atom stereocenters. The maximum absolute atomic E-state index is 12.9. The van der Waals surface area contributed by atoms with Crippen LogP contribution in [0.4, 0.5) is 4.39 Å². The number of nitrogens with two attached hydrogens (primary N) is 1. The Morgan fingerprint density at radius 2 is 2.28 bits per heavy atom. The Labute approximate surface area is 109 Å². The van der Waals surface area contributed by atoms with Gasteiger partial charge in [-0.05, 0) is 24.6 Å². The van der Waals surface area contributed by atoms with Crippen molar-refractivity contribution in [1.29, 1.82) is 0 Å². The van der Waals surface area contributed by atoms with Crippen molar-refractivity contribution >= 4 is 11.6 Å². The van der Waals surface area contributed by atoms with E-state index in [9.17, 15) is 4.39 Å². The molecule has 0 bridgehead atoms. The SMILES string of the molecule is CCCC(N)c1noc(-c2ccc(F)cc2Cl)n1. The average molecular weight is 270 g/mol. The molecule has 2 aromatic rings. The zero-order chi connectivity index (χ0) is 13.1. The fourth-order valence-electron chi connectivity index (χ4n) is 1.60. The molecule has 1 heterocycles. The lowest BCUT2D eigenvalue weighted by Gasteiger charge is -2.02. The maximum Gasteiger partial charge on any atom is 0.259 e. The molecular weight excluding hydrogens is 257 g/mol. The van der Waals surface area contributed by atoms with E-state index in [2.05, 4.69) is 10.1 Å². The monoisotopic (exact) mass is 269 g/mol. The van der Waals surface area contributed by atoms with Gasteiger partial charge in [0.2, 0.25) is 0 Å². The number of halogens is 2. The molecule has 6 heteroatoms. The lowest BCUT2D eigenvalue weighted by molar-refractivity contribution is 0.413. The number of benzene rings is 1. The first-order valence-electron chi connectivity index (χ1n) is 5.66. The number of nitrogens with zero attached hydrogens (tertiary/aromatic N) is 2. The second-order valence-corrected chi connectivity index (χ2v) is 4.38. The third-order valence-electron chi connectivity index (χ3n) is 2.53. The van der Waals surface area contributed by atoms with Crippen LogP contribution in [0.25, 0.3) is 11.5 Å². The summed E-state index contributed by atoms with van der Waals surface area (Å²) in [5.74, 6) is 0.278. The fraction of sp³-hybridized carbons (Fsp3) is 0.333. The van der Waals surface area contributed by atoms with E-state index in [1.54, 1.807) is 0 Å². The summed E-state index contributed by atoms with van der Waals surface area (Å²) in [5, 5.41) is 4.04. The van der Waals surface area contributed by atoms with Gasteiger partial charge >= 0.3 is 0 Å². The quantitative estimate of drug-likeness (QED) is 0.925. The summed E-state index contributed by atoms with van der Waals surface area (Å²) in [5.41, 5.74) is 6.38. The number of rotatable bonds is 4. The summed E-state index contributed by atoms with van der Waals surface area (Å²) < 4.78 is 18.0. The molecule has 2 rings (SSSR count). The Morgan fingerprint density at radius 3 is 2.94 bits per heavy atom. The Kier molecular flexibility index (Phi) is 3.93. The molecule has 0 aliphatic heterocycles. The molecule has 1 atom stereocenters. The first kappa shape index (κ1) is 13.0. The van der Waals surface area contributed by atoms with Crippen LogP contribution in [0, 0.1) is 5.82 Å². The third-order valence-corrected chi connectivity index (χ3v) is 2.85. The van der Waals surface area contributed by atoms with Crippen molar-refractivity contribution in [3.05, 3.63) is 34.9 Å². The highest BCUT2D eigenvalue weighted by molar-refractivity contribution is 6.33. The minimum Gasteiger partial charge on any atom is -0.334 e. The molecule has 0 saturated carbocycles. The van der Waals surface area contributed by atoms with Crippen LogP contribution in [0.3, 0.4) is 0 Å². The molecule has 0 aliphatic rings. The van der Waals surface area contributed by atoms with Crippen LogP contribution in [-0.2, 0) is 0 Å².